The number of carbonyl (C=O) groups is 2. The predicted molar refractivity (Wildman–Crippen MR) is 102 cm³/mol. The molecule has 3 aromatic rings. The molecule has 0 aliphatic heterocycles. The van der Waals surface area contributed by atoms with E-state index in [4.69, 9.17) is 13.9 Å². The Morgan fingerprint density at radius 2 is 1.71 bits per heavy atom. The standard InChI is InChI=1S/C21H20N2O5/c1-14-8-9-15(12-19(14)26-2)20(24)22-23-21(25)18-11-10-17(28-18)13-27-16-6-4-3-5-7-16/h3-12H,13H2,1-2H3,(H,22,24)(H,23,25). The average molecular weight is 380 g/mol. The summed E-state index contributed by atoms with van der Waals surface area (Å²) in [6, 6.07) is 17.4. The molecule has 144 valence electrons. The van der Waals surface area contributed by atoms with Crippen molar-refractivity contribution in [1.29, 1.82) is 0 Å². The van der Waals surface area contributed by atoms with Gasteiger partial charge in [0.05, 0.1) is 7.11 Å². The summed E-state index contributed by atoms with van der Waals surface area (Å²) in [5, 5.41) is 0. The summed E-state index contributed by atoms with van der Waals surface area (Å²) < 4.78 is 16.2. The van der Waals surface area contributed by atoms with Crippen LogP contribution in [0.2, 0.25) is 0 Å². The summed E-state index contributed by atoms with van der Waals surface area (Å²) in [5.74, 6) is 0.806. The highest BCUT2D eigenvalue weighted by molar-refractivity contribution is 5.98. The van der Waals surface area contributed by atoms with Crippen LogP contribution in [0.25, 0.3) is 0 Å². The number of nitrogens with one attached hydrogen (secondary N) is 2. The molecule has 28 heavy (non-hydrogen) atoms. The summed E-state index contributed by atoms with van der Waals surface area (Å²) in [6.45, 7) is 2.06. The Morgan fingerprint density at radius 1 is 0.964 bits per heavy atom. The summed E-state index contributed by atoms with van der Waals surface area (Å²) in [5.41, 5.74) is 5.94. The number of hydrogen-bond donors (Lipinski definition) is 2. The van der Waals surface area contributed by atoms with E-state index >= 15 is 0 Å². The maximum atomic E-state index is 12.2. The fraction of sp³-hybridized carbons (Fsp3) is 0.143. The number of methoxy groups -OCH3 is 1. The molecule has 0 aliphatic carbocycles. The van der Waals surface area contributed by atoms with Crippen molar-refractivity contribution in [3.8, 4) is 11.5 Å². The molecule has 3 rings (SSSR count). The number of carbonyl (C=O) groups excluding carboxylic acids is 2. The van der Waals surface area contributed by atoms with Gasteiger partial charge in [0, 0.05) is 5.56 Å². The van der Waals surface area contributed by atoms with E-state index in [9.17, 15) is 9.59 Å². The minimum Gasteiger partial charge on any atom is -0.496 e. The molecule has 0 bridgehead atoms. The van der Waals surface area contributed by atoms with Gasteiger partial charge in [0.25, 0.3) is 5.91 Å². The van der Waals surface area contributed by atoms with Crippen LogP contribution in [0.1, 0.15) is 32.2 Å². The highest BCUT2D eigenvalue weighted by atomic mass is 16.5. The maximum Gasteiger partial charge on any atom is 0.305 e. The van der Waals surface area contributed by atoms with Crippen LogP contribution in [0, 0.1) is 6.92 Å². The van der Waals surface area contributed by atoms with E-state index < -0.39 is 11.8 Å². The van der Waals surface area contributed by atoms with Gasteiger partial charge in [-0.25, -0.2) is 0 Å². The van der Waals surface area contributed by atoms with E-state index in [0.717, 1.165) is 5.56 Å². The zero-order chi connectivity index (χ0) is 19.9. The molecule has 1 aromatic heterocycles. The lowest BCUT2D eigenvalue weighted by molar-refractivity contribution is 0.0828. The quantitative estimate of drug-likeness (QED) is 0.641. The van der Waals surface area contributed by atoms with E-state index in [1.54, 1.807) is 24.3 Å². The maximum absolute atomic E-state index is 12.2. The lowest BCUT2D eigenvalue weighted by Gasteiger charge is -2.09. The lowest BCUT2D eigenvalue weighted by Crippen LogP contribution is -2.41. The van der Waals surface area contributed by atoms with Gasteiger partial charge >= 0.3 is 5.91 Å². The van der Waals surface area contributed by atoms with Crippen LogP contribution in [0.4, 0.5) is 0 Å². The molecule has 0 saturated heterocycles. The Kier molecular flexibility index (Phi) is 5.96. The Morgan fingerprint density at radius 3 is 2.46 bits per heavy atom. The van der Waals surface area contributed by atoms with Crippen LogP contribution in [0.5, 0.6) is 11.5 Å². The Balaban J connectivity index is 1.53. The molecule has 0 radical (unpaired) electrons. The average Bonchev–Trinajstić information content (AvgIpc) is 3.20. The van der Waals surface area contributed by atoms with Gasteiger partial charge < -0.3 is 13.9 Å². The van der Waals surface area contributed by atoms with Crippen LogP contribution >= 0.6 is 0 Å². The lowest BCUT2D eigenvalue weighted by atomic mass is 10.1. The SMILES string of the molecule is COc1cc(C(=O)NNC(=O)c2ccc(COc3ccccc3)o2)ccc1C. The minimum atomic E-state index is -0.571. The highest BCUT2D eigenvalue weighted by Crippen LogP contribution is 2.19. The van der Waals surface area contributed by atoms with Crippen molar-refractivity contribution in [1.82, 2.24) is 10.9 Å². The number of benzene rings is 2. The molecule has 0 atom stereocenters. The van der Waals surface area contributed by atoms with Gasteiger partial charge in [0.2, 0.25) is 0 Å². The Bertz CT molecular complexity index is 966. The van der Waals surface area contributed by atoms with E-state index in [0.29, 0.717) is 22.8 Å². The molecule has 7 heteroatoms. The van der Waals surface area contributed by atoms with E-state index in [2.05, 4.69) is 10.9 Å². The smallest absolute Gasteiger partial charge is 0.305 e. The molecule has 7 nitrogen and oxygen atoms in total. The van der Waals surface area contributed by atoms with E-state index in [1.165, 1.54) is 13.2 Å². The summed E-state index contributed by atoms with van der Waals surface area (Å²) in [6.07, 6.45) is 0. The van der Waals surface area contributed by atoms with Crippen LogP contribution in [0.3, 0.4) is 0 Å². The molecular formula is C21H20N2O5. The van der Waals surface area contributed by atoms with Crippen molar-refractivity contribution in [3.63, 3.8) is 0 Å². The molecule has 0 saturated carbocycles. The predicted octanol–water partition coefficient (Wildman–Crippen LogP) is 3.25. The van der Waals surface area contributed by atoms with Gasteiger partial charge in [-0.1, -0.05) is 24.3 Å². The molecule has 2 aromatic carbocycles. The Labute approximate surface area is 162 Å². The number of hydrazine groups is 1. The van der Waals surface area contributed by atoms with Crippen LogP contribution in [-0.2, 0) is 6.61 Å². The number of furan rings is 1. The first kappa shape index (κ1) is 19.0. The van der Waals surface area contributed by atoms with Gasteiger partial charge in [-0.05, 0) is 48.9 Å². The van der Waals surface area contributed by atoms with Gasteiger partial charge in [-0.2, -0.15) is 0 Å². The zero-order valence-electron chi connectivity index (χ0n) is 15.5. The van der Waals surface area contributed by atoms with Gasteiger partial charge in [0.1, 0.15) is 23.9 Å². The first-order valence-electron chi connectivity index (χ1n) is 8.58. The normalized spacial score (nSPS) is 10.2. The van der Waals surface area contributed by atoms with Crippen LogP contribution in [0.15, 0.2) is 65.1 Å². The van der Waals surface area contributed by atoms with Crippen molar-refractivity contribution in [2.75, 3.05) is 7.11 Å². The Hall–Kier alpha value is -3.74. The van der Waals surface area contributed by atoms with Crippen molar-refractivity contribution in [2.45, 2.75) is 13.5 Å². The van der Waals surface area contributed by atoms with E-state index in [1.807, 2.05) is 37.3 Å². The molecule has 1 heterocycles. The molecule has 0 fully saturated rings. The molecule has 0 unspecified atom stereocenters. The van der Waals surface area contributed by atoms with Crippen molar-refractivity contribution in [3.05, 3.63) is 83.3 Å². The molecule has 2 N–H and O–H groups in total. The summed E-state index contributed by atoms with van der Waals surface area (Å²) in [7, 11) is 1.53. The van der Waals surface area contributed by atoms with Crippen LogP contribution in [-0.4, -0.2) is 18.9 Å². The largest absolute Gasteiger partial charge is 0.496 e. The van der Waals surface area contributed by atoms with Crippen molar-refractivity contribution in [2.24, 2.45) is 0 Å². The number of para-hydroxylation sites is 1. The zero-order valence-corrected chi connectivity index (χ0v) is 15.5. The minimum absolute atomic E-state index is 0.0634. The van der Waals surface area contributed by atoms with Crippen LogP contribution < -0.4 is 20.3 Å². The summed E-state index contributed by atoms with van der Waals surface area (Å²) in [4.78, 5) is 24.4. The fourth-order valence-corrected chi connectivity index (χ4v) is 2.46. The van der Waals surface area contributed by atoms with Gasteiger partial charge in [0.15, 0.2) is 5.76 Å². The number of amides is 2. The summed E-state index contributed by atoms with van der Waals surface area (Å²) >= 11 is 0. The number of rotatable bonds is 6. The number of ether oxygens (including phenoxy) is 2. The van der Waals surface area contributed by atoms with Crippen molar-refractivity contribution < 1.29 is 23.5 Å². The third-order valence-electron chi connectivity index (χ3n) is 3.97. The van der Waals surface area contributed by atoms with Crippen molar-refractivity contribution >= 4 is 11.8 Å². The first-order valence-corrected chi connectivity index (χ1v) is 8.58. The molecule has 0 spiro atoms. The number of aryl methyl sites for hydroxylation is 1. The third-order valence-corrected chi connectivity index (χ3v) is 3.97. The molecule has 0 aliphatic rings. The molecule has 2 amide bonds. The highest BCUT2D eigenvalue weighted by Gasteiger charge is 2.14. The van der Waals surface area contributed by atoms with Gasteiger partial charge in [-0.15, -0.1) is 0 Å². The third kappa shape index (κ3) is 4.70. The first-order chi connectivity index (χ1) is 13.6. The number of hydrogen-bond acceptors (Lipinski definition) is 5. The fourth-order valence-electron chi connectivity index (χ4n) is 2.46. The monoisotopic (exact) mass is 380 g/mol. The molecular weight excluding hydrogens is 360 g/mol. The van der Waals surface area contributed by atoms with E-state index in [-0.39, 0.29) is 12.4 Å². The topological polar surface area (TPSA) is 89.8 Å². The van der Waals surface area contributed by atoms with Gasteiger partial charge in [-0.3, -0.25) is 20.4 Å². The second-order valence-electron chi connectivity index (χ2n) is 5.96. The second kappa shape index (κ2) is 8.77. The second-order valence-corrected chi connectivity index (χ2v) is 5.96.